The van der Waals surface area contributed by atoms with Crippen LogP contribution in [0.3, 0.4) is 0 Å². The van der Waals surface area contributed by atoms with Crippen molar-refractivity contribution >= 4 is 0 Å². The molecule has 1 saturated carbocycles. The van der Waals surface area contributed by atoms with E-state index in [9.17, 15) is 5.11 Å². The van der Waals surface area contributed by atoms with Crippen molar-refractivity contribution in [2.24, 2.45) is 5.92 Å². The largest absolute Gasteiger partial charge is 0.391 e. The number of rotatable bonds is 6. The van der Waals surface area contributed by atoms with Crippen LogP contribution in [0.1, 0.15) is 57.9 Å². The highest BCUT2D eigenvalue weighted by atomic mass is 16.3. The van der Waals surface area contributed by atoms with Crippen molar-refractivity contribution in [1.82, 2.24) is 4.90 Å². The summed E-state index contributed by atoms with van der Waals surface area (Å²) in [6.45, 7) is 8.93. The van der Waals surface area contributed by atoms with Gasteiger partial charge in [-0.15, -0.1) is 0 Å². The molecule has 1 aromatic carbocycles. The zero-order valence-electron chi connectivity index (χ0n) is 13.8. The van der Waals surface area contributed by atoms with Crippen LogP contribution in [0.4, 0.5) is 0 Å². The van der Waals surface area contributed by atoms with Gasteiger partial charge in [-0.25, -0.2) is 0 Å². The van der Waals surface area contributed by atoms with Crippen molar-refractivity contribution in [2.75, 3.05) is 13.1 Å². The van der Waals surface area contributed by atoms with E-state index in [1.54, 1.807) is 0 Å². The highest BCUT2D eigenvalue weighted by Gasteiger charge is 2.33. The molecule has 1 aliphatic carbocycles. The minimum atomic E-state index is -0.158. The quantitative estimate of drug-likeness (QED) is 0.854. The second-order valence-electron chi connectivity index (χ2n) is 6.66. The molecule has 2 heteroatoms. The fraction of sp³-hybridized carbons (Fsp3) is 0.684. The van der Waals surface area contributed by atoms with Crippen LogP contribution < -0.4 is 0 Å². The molecule has 4 atom stereocenters. The molecule has 0 heterocycles. The second kappa shape index (κ2) is 7.95. The number of likely N-dealkylation sites (N-methyl/N-ethyl adjacent to an activating group) is 1. The Kier molecular flexibility index (Phi) is 6.25. The molecule has 0 saturated heterocycles. The molecule has 0 bridgehead atoms. The van der Waals surface area contributed by atoms with E-state index in [0.717, 1.165) is 32.4 Å². The Bertz CT molecular complexity index is 405. The van der Waals surface area contributed by atoms with E-state index in [1.165, 1.54) is 12.0 Å². The summed E-state index contributed by atoms with van der Waals surface area (Å²) in [6.07, 6.45) is 4.19. The Labute approximate surface area is 130 Å². The Morgan fingerprint density at radius 3 is 2.52 bits per heavy atom. The topological polar surface area (TPSA) is 23.5 Å². The first kappa shape index (κ1) is 16.5. The third-order valence-electron chi connectivity index (χ3n) is 5.17. The zero-order chi connectivity index (χ0) is 15.2. The normalized spacial score (nSPS) is 27.8. The van der Waals surface area contributed by atoms with Gasteiger partial charge in [-0.2, -0.15) is 0 Å². The minimum Gasteiger partial charge on any atom is -0.391 e. The fourth-order valence-electron chi connectivity index (χ4n) is 3.58. The lowest BCUT2D eigenvalue weighted by Gasteiger charge is -2.41. The van der Waals surface area contributed by atoms with Crippen molar-refractivity contribution < 1.29 is 5.11 Å². The zero-order valence-corrected chi connectivity index (χ0v) is 13.8. The molecule has 0 amide bonds. The van der Waals surface area contributed by atoms with Crippen molar-refractivity contribution in [1.29, 1.82) is 0 Å². The highest BCUT2D eigenvalue weighted by molar-refractivity contribution is 5.20. The molecular weight excluding hydrogens is 258 g/mol. The van der Waals surface area contributed by atoms with Crippen LogP contribution in [-0.2, 0) is 0 Å². The van der Waals surface area contributed by atoms with E-state index >= 15 is 0 Å². The highest BCUT2D eigenvalue weighted by Crippen LogP contribution is 2.35. The summed E-state index contributed by atoms with van der Waals surface area (Å²) in [5, 5.41) is 10.5. The van der Waals surface area contributed by atoms with Crippen molar-refractivity contribution in [3.63, 3.8) is 0 Å². The van der Waals surface area contributed by atoms with E-state index in [0.29, 0.717) is 17.9 Å². The van der Waals surface area contributed by atoms with Crippen LogP contribution in [-0.4, -0.2) is 35.2 Å². The summed E-state index contributed by atoms with van der Waals surface area (Å²) in [7, 11) is 0. The lowest BCUT2D eigenvalue weighted by molar-refractivity contribution is 0.00978. The molecule has 2 nitrogen and oxygen atoms in total. The Morgan fingerprint density at radius 1 is 1.19 bits per heavy atom. The van der Waals surface area contributed by atoms with Crippen molar-refractivity contribution in [2.45, 2.75) is 64.5 Å². The summed E-state index contributed by atoms with van der Waals surface area (Å²) >= 11 is 0. The lowest BCUT2D eigenvalue weighted by atomic mass is 9.79. The van der Waals surface area contributed by atoms with Gasteiger partial charge in [-0.05, 0) is 43.2 Å². The predicted octanol–water partition coefficient (Wildman–Crippen LogP) is 4.05. The van der Waals surface area contributed by atoms with Gasteiger partial charge in [0.05, 0.1) is 6.10 Å². The third kappa shape index (κ3) is 4.31. The van der Waals surface area contributed by atoms with Crippen LogP contribution in [0.2, 0.25) is 0 Å². The van der Waals surface area contributed by atoms with E-state index in [2.05, 4.69) is 56.0 Å². The average molecular weight is 289 g/mol. The first-order valence-corrected chi connectivity index (χ1v) is 8.62. The molecule has 118 valence electrons. The number of hydrogen-bond donors (Lipinski definition) is 1. The Hall–Kier alpha value is -0.860. The van der Waals surface area contributed by atoms with Crippen LogP contribution in [0.15, 0.2) is 30.3 Å². The monoisotopic (exact) mass is 289 g/mol. The standard InChI is InChI=1S/C19H31NO/c1-4-15(3)14-20(5-2)18-13-17(11-12-19(18)21)16-9-7-6-8-10-16/h6-10,15,17-19,21H,4-5,11-14H2,1-3H3. The molecule has 21 heavy (non-hydrogen) atoms. The second-order valence-corrected chi connectivity index (χ2v) is 6.66. The maximum absolute atomic E-state index is 10.5. The summed E-state index contributed by atoms with van der Waals surface area (Å²) < 4.78 is 0. The van der Waals surface area contributed by atoms with Crippen LogP contribution >= 0.6 is 0 Å². The predicted molar refractivity (Wildman–Crippen MR) is 89.5 cm³/mol. The summed E-state index contributed by atoms with van der Waals surface area (Å²) in [6, 6.07) is 11.1. The number of nitrogens with zero attached hydrogens (tertiary/aromatic N) is 1. The molecule has 1 aromatic rings. The Balaban J connectivity index is 2.06. The van der Waals surface area contributed by atoms with Crippen molar-refractivity contribution in [3.05, 3.63) is 35.9 Å². The van der Waals surface area contributed by atoms with Gasteiger partial charge in [-0.3, -0.25) is 4.90 Å². The van der Waals surface area contributed by atoms with E-state index < -0.39 is 0 Å². The summed E-state index contributed by atoms with van der Waals surface area (Å²) in [5.41, 5.74) is 1.44. The average Bonchev–Trinajstić information content (AvgIpc) is 2.54. The fourth-order valence-corrected chi connectivity index (χ4v) is 3.58. The SMILES string of the molecule is CCC(C)CN(CC)C1CC(c2ccccc2)CCC1O. The molecular formula is C19H31NO. The van der Waals surface area contributed by atoms with E-state index in [1.807, 2.05) is 0 Å². The van der Waals surface area contributed by atoms with Gasteiger partial charge in [0.15, 0.2) is 0 Å². The smallest absolute Gasteiger partial charge is 0.0695 e. The summed E-state index contributed by atoms with van der Waals surface area (Å²) in [4.78, 5) is 2.51. The van der Waals surface area contributed by atoms with Gasteiger partial charge >= 0.3 is 0 Å². The van der Waals surface area contributed by atoms with Gasteiger partial charge in [0, 0.05) is 12.6 Å². The molecule has 1 aliphatic rings. The molecule has 0 aromatic heterocycles. The van der Waals surface area contributed by atoms with Gasteiger partial charge in [0.1, 0.15) is 0 Å². The van der Waals surface area contributed by atoms with E-state index in [-0.39, 0.29) is 6.10 Å². The maximum Gasteiger partial charge on any atom is 0.0695 e. The first-order valence-electron chi connectivity index (χ1n) is 8.62. The van der Waals surface area contributed by atoms with Gasteiger partial charge in [0.2, 0.25) is 0 Å². The molecule has 2 rings (SSSR count). The minimum absolute atomic E-state index is 0.158. The number of hydrogen-bond acceptors (Lipinski definition) is 2. The molecule has 1 N–H and O–H groups in total. The molecule has 0 radical (unpaired) electrons. The summed E-state index contributed by atoms with van der Waals surface area (Å²) in [5.74, 6) is 1.31. The number of aliphatic hydroxyl groups is 1. The van der Waals surface area contributed by atoms with E-state index in [4.69, 9.17) is 0 Å². The molecule has 0 aliphatic heterocycles. The maximum atomic E-state index is 10.5. The van der Waals surface area contributed by atoms with Crippen LogP contribution in [0, 0.1) is 5.92 Å². The molecule has 0 spiro atoms. The molecule has 1 fully saturated rings. The van der Waals surface area contributed by atoms with Crippen LogP contribution in [0.5, 0.6) is 0 Å². The van der Waals surface area contributed by atoms with Gasteiger partial charge in [-0.1, -0.05) is 57.5 Å². The third-order valence-corrected chi connectivity index (χ3v) is 5.17. The first-order chi connectivity index (χ1) is 10.2. The van der Waals surface area contributed by atoms with Crippen LogP contribution in [0.25, 0.3) is 0 Å². The number of aliphatic hydroxyl groups excluding tert-OH is 1. The van der Waals surface area contributed by atoms with Gasteiger partial charge < -0.3 is 5.11 Å². The molecule has 4 unspecified atom stereocenters. The number of benzene rings is 1. The lowest BCUT2D eigenvalue weighted by Crippen LogP contribution is -2.48. The Morgan fingerprint density at radius 2 is 1.90 bits per heavy atom. The van der Waals surface area contributed by atoms with Gasteiger partial charge in [0.25, 0.3) is 0 Å². The van der Waals surface area contributed by atoms with Crippen molar-refractivity contribution in [3.8, 4) is 0 Å².